The molecular weight excluding hydrogens is 254 g/mol. The lowest BCUT2D eigenvalue weighted by atomic mass is 9.99. The van der Waals surface area contributed by atoms with Gasteiger partial charge in [-0.15, -0.1) is 0 Å². The van der Waals surface area contributed by atoms with Crippen LogP contribution in [0.4, 0.5) is 14.5 Å². The van der Waals surface area contributed by atoms with Crippen molar-refractivity contribution in [2.45, 2.75) is 17.9 Å². The van der Waals surface area contributed by atoms with Gasteiger partial charge in [-0.1, -0.05) is 0 Å². The van der Waals surface area contributed by atoms with Gasteiger partial charge in [0.2, 0.25) is 0 Å². The number of carbonyl (C=O) groups is 1. The lowest BCUT2D eigenvalue weighted by Gasteiger charge is -2.22. The number of anilines is 1. The summed E-state index contributed by atoms with van der Waals surface area (Å²) in [4.78, 5) is 13.2. The Morgan fingerprint density at radius 1 is 1.42 bits per heavy atom. The van der Waals surface area contributed by atoms with Gasteiger partial charge >= 0.3 is 5.97 Å². The van der Waals surface area contributed by atoms with Crippen molar-refractivity contribution in [2.75, 3.05) is 26.1 Å². The summed E-state index contributed by atoms with van der Waals surface area (Å²) >= 11 is 0. The molecule has 1 saturated carbocycles. The van der Waals surface area contributed by atoms with Crippen molar-refractivity contribution in [2.24, 2.45) is 5.73 Å². The Kier molecular flexibility index (Phi) is 3.01. The van der Waals surface area contributed by atoms with Gasteiger partial charge in [-0.05, 0) is 18.2 Å². The normalized spacial score (nSPS) is 23.9. The Bertz CT molecular complexity index is 531. The first kappa shape index (κ1) is 13.7. The van der Waals surface area contributed by atoms with E-state index < -0.39 is 23.9 Å². The van der Waals surface area contributed by atoms with Gasteiger partial charge in [-0.2, -0.15) is 0 Å². The van der Waals surface area contributed by atoms with Crippen molar-refractivity contribution >= 4 is 11.7 Å². The molecule has 1 aromatic rings. The van der Waals surface area contributed by atoms with Gasteiger partial charge in [0.25, 0.3) is 5.92 Å². The highest BCUT2D eigenvalue weighted by molar-refractivity contribution is 5.90. The van der Waals surface area contributed by atoms with E-state index >= 15 is 0 Å². The lowest BCUT2D eigenvalue weighted by molar-refractivity contribution is 0.0599. The lowest BCUT2D eigenvalue weighted by Crippen LogP contribution is -2.30. The van der Waals surface area contributed by atoms with Crippen molar-refractivity contribution in [1.82, 2.24) is 0 Å². The van der Waals surface area contributed by atoms with Gasteiger partial charge in [-0.3, -0.25) is 0 Å². The topological polar surface area (TPSA) is 55.6 Å². The van der Waals surface area contributed by atoms with Gasteiger partial charge in [-0.25, -0.2) is 13.6 Å². The molecule has 0 heterocycles. The van der Waals surface area contributed by atoms with E-state index in [1.54, 1.807) is 25.1 Å². The van der Waals surface area contributed by atoms with Crippen LogP contribution >= 0.6 is 0 Å². The standard InChI is InChI=1S/C13H16F2N2O2/c1-17(2)10-5-4-8(11(18)19-3)6-9(10)12(16)7-13(12,14)15/h4-6H,7,16H2,1-3H3. The first-order valence-corrected chi connectivity index (χ1v) is 5.80. The highest BCUT2D eigenvalue weighted by atomic mass is 19.3. The number of nitrogens with zero attached hydrogens (tertiary/aromatic N) is 1. The van der Waals surface area contributed by atoms with Gasteiger partial charge < -0.3 is 15.4 Å². The summed E-state index contributed by atoms with van der Waals surface area (Å²) in [6.45, 7) is 0. The number of nitrogens with two attached hydrogens (primary N) is 1. The van der Waals surface area contributed by atoms with Crippen molar-refractivity contribution in [1.29, 1.82) is 0 Å². The predicted molar refractivity (Wildman–Crippen MR) is 67.5 cm³/mol. The molecule has 1 unspecified atom stereocenters. The van der Waals surface area contributed by atoms with Crippen LogP contribution in [0.15, 0.2) is 18.2 Å². The molecule has 0 spiro atoms. The summed E-state index contributed by atoms with van der Waals surface area (Å²) in [5, 5.41) is 0. The molecule has 0 amide bonds. The Morgan fingerprint density at radius 2 is 2.00 bits per heavy atom. The molecule has 1 aliphatic rings. The third-order valence-electron chi connectivity index (χ3n) is 3.41. The third-order valence-corrected chi connectivity index (χ3v) is 3.41. The molecule has 0 saturated heterocycles. The van der Waals surface area contributed by atoms with E-state index in [0.717, 1.165) is 0 Å². The number of methoxy groups -OCH3 is 1. The summed E-state index contributed by atoms with van der Waals surface area (Å²) in [6, 6.07) is 4.53. The van der Waals surface area contributed by atoms with E-state index in [9.17, 15) is 13.6 Å². The zero-order chi connectivity index (χ0) is 14.4. The smallest absolute Gasteiger partial charge is 0.337 e. The fourth-order valence-corrected chi connectivity index (χ4v) is 2.13. The number of carbonyl (C=O) groups excluding carboxylic acids is 1. The number of halogens is 2. The molecule has 104 valence electrons. The van der Waals surface area contributed by atoms with E-state index in [-0.39, 0.29) is 11.1 Å². The summed E-state index contributed by atoms with van der Waals surface area (Å²) < 4.78 is 31.5. The molecular formula is C13H16F2N2O2. The van der Waals surface area contributed by atoms with E-state index in [4.69, 9.17) is 5.73 Å². The molecule has 0 aliphatic heterocycles. The maximum atomic E-state index is 13.5. The average molecular weight is 270 g/mol. The molecule has 4 nitrogen and oxygen atoms in total. The van der Waals surface area contributed by atoms with Crippen LogP contribution in [-0.4, -0.2) is 33.1 Å². The van der Waals surface area contributed by atoms with Crippen molar-refractivity contribution in [3.8, 4) is 0 Å². The zero-order valence-corrected chi connectivity index (χ0v) is 11.0. The quantitative estimate of drug-likeness (QED) is 0.850. The second-order valence-corrected chi connectivity index (χ2v) is 4.97. The largest absolute Gasteiger partial charge is 0.465 e. The van der Waals surface area contributed by atoms with Crippen LogP contribution < -0.4 is 10.6 Å². The molecule has 0 bridgehead atoms. The van der Waals surface area contributed by atoms with Gasteiger partial charge in [0, 0.05) is 31.8 Å². The van der Waals surface area contributed by atoms with Crippen LogP contribution in [0, 0.1) is 0 Å². The number of ether oxygens (including phenoxy) is 1. The van der Waals surface area contributed by atoms with Crippen molar-refractivity contribution in [3.63, 3.8) is 0 Å². The average Bonchev–Trinajstić information content (AvgIpc) is 2.88. The molecule has 0 radical (unpaired) electrons. The maximum absolute atomic E-state index is 13.5. The molecule has 2 N–H and O–H groups in total. The Hall–Kier alpha value is -1.69. The molecule has 0 aromatic heterocycles. The minimum atomic E-state index is -2.94. The molecule has 6 heteroatoms. The molecule has 1 fully saturated rings. The number of hydrogen-bond acceptors (Lipinski definition) is 4. The van der Waals surface area contributed by atoms with Gasteiger partial charge in [0.15, 0.2) is 0 Å². The van der Waals surface area contributed by atoms with Crippen LogP contribution in [0.1, 0.15) is 22.3 Å². The monoisotopic (exact) mass is 270 g/mol. The number of rotatable bonds is 3. The highest BCUT2D eigenvalue weighted by Crippen LogP contribution is 2.59. The van der Waals surface area contributed by atoms with Crippen LogP contribution in [0.25, 0.3) is 0 Å². The minimum absolute atomic E-state index is 0.218. The fraction of sp³-hybridized carbons (Fsp3) is 0.462. The second-order valence-electron chi connectivity index (χ2n) is 4.97. The van der Waals surface area contributed by atoms with E-state index in [0.29, 0.717) is 5.69 Å². The summed E-state index contributed by atoms with van der Waals surface area (Å²) in [5.41, 5.74) is 5.13. The van der Waals surface area contributed by atoms with Crippen molar-refractivity contribution < 1.29 is 18.3 Å². The van der Waals surface area contributed by atoms with Crippen LogP contribution in [0.3, 0.4) is 0 Å². The van der Waals surface area contributed by atoms with E-state index in [1.807, 2.05) is 0 Å². The third kappa shape index (κ3) is 2.06. The van der Waals surface area contributed by atoms with E-state index in [2.05, 4.69) is 4.74 Å². The SMILES string of the molecule is COC(=O)c1ccc(N(C)C)c(C2(N)CC2(F)F)c1. The molecule has 1 aliphatic carbocycles. The summed E-state index contributed by atoms with van der Waals surface area (Å²) in [7, 11) is 4.72. The fourth-order valence-electron chi connectivity index (χ4n) is 2.13. The number of alkyl halides is 2. The predicted octanol–water partition coefficient (Wildman–Crippen LogP) is 1.73. The van der Waals surface area contributed by atoms with E-state index in [1.165, 1.54) is 19.2 Å². The zero-order valence-electron chi connectivity index (χ0n) is 11.0. The van der Waals surface area contributed by atoms with Gasteiger partial charge in [0.05, 0.1) is 12.7 Å². The molecule has 19 heavy (non-hydrogen) atoms. The Balaban J connectivity index is 2.53. The number of benzene rings is 1. The first-order valence-electron chi connectivity index (χ1n) is 5.80. The maximum Gasteiger partial charge on any atom is 0.337 e. The Morgan fingerprint density at radius 3 is 2.42 bits per heavy atom. The summed E-state index contributed by atoms with van der Waals surface area (Å²) in [6.07, 6.45) is -0.411. The molecule has 1 atom stereocenters. The highest BCUT2D eigenvalue weighted by Gasteiger charge is 2.70. The number of hydrogen-bond donors (Lipinski definition) is 1. The Labute approximate surface area is 110 Å². The van der Waals surface area contributed by atoms with Crippen LogP contribution in [0.2, 0.25) is 0 Å². The number of esters is 1. The molecule has 2 rings (SSSR count). The summed E-state index contributed by atoms with van der Waals surface area (Å²) in [5.74, 6) is -3.51. The molecule has 1 aromatic carbocycles. The van der Waals surface area contributed by atoms with Crippen LogP contribution in [-0.2, 0) is 10.3 Å². The first-order chi connectivity index (χ1) is 8.73. The second kappa shape index (κ2) is 4.16. The van der Waals surface area contributed by atoms with Gasteiger partial charge in [0.1, 0.15) is 5.54 Å². The minimum Gasteiger partial charge on any atom is -0.465 e. The van der Waals surface area contributed by atoms with Crippen molar-refractivity contribution in [3.05, 3.63) is 29.3 Å². The van der Waals surface area contributed by atoms with Crippen LogP contribution in [0.5, 0.6) is 0 Å².